The highest BCUT2D eigenvalue weighted by atomic mass is 16.5. The van der Waals surface area contributed by atoms with E-state index in [1.165, 1.54) is 7.11 Å². The Labute approximate surface area is 91.0 Å². The van der Waals surface area contributed by atoms with Gasteiger partial charge in [0, 0.05) is 6.54 Å². The average Bonchev–Trinajstić information content (AvgIpc) is 3.02. The number of hydrogen-bond acceptors (Lipinski definition) is 4. The van der Waals surface area contributed by atoms with Crippen LogP contribution in [0, 0.1) is 5.92 Å². The molecule has 0 saturated heterocycles. The second kappa shape index (κ2) is 6.08. The quantitative estimate of drug-likeness (QED) is 0.613. The minimum Gasteiger partial charge on any atom is -0.468 e. The topological polar surface area (TPSA) is 58.6 Å². The first-order chi connectivity index (χ1) is 7.19. The summed E-state index contributed by atoms with van der Waals surface area (Å²) in [5.74, 6) is 0.201. The molecule has 0 bridgehead atoms. The number of ether oxygens (including phenoxy) is 1. The third-order valence-corrected chi connectivity index (χ3v) is 2.74. The molecule has 0 spiro atoms. The Morgan fingerprint density at radius 1 is 1.60 bits per heavy atom. The highest BCUT2D eigenvalue weighted by Crippen LogP contribution is 2.33. The van der Waals surface area contributed by atoms with Crippen molar-refractivity contribution in [2.75, 3.05) is 13.7 Å². The van der Waals surface area contributed by atoms with E-state index in [1.807, 2.05) is 6.92 Å². The largest absolute Gasteiger partial charge is 0.468 e. The van der Waals surface area contributed by atoms with Gasteiger partial charge in [-0.05, 0) is 25.2 Å². The highest BCUT2D eigenvalue weighted by Gasteiger charge is 2.36. The predicted octanol–water partition coefficient (Wildman–Crippen LogP) is 0.689. The maximum absolute atomic E-state index is 11.4. The molecule has 0 aliphatic heterocycles. The van der Waals surface area contributed by atoms with Gasteiger partial charge in [-0.15, -0.1) is 0 Å². The van der Waals surface area contributed by atoms with Crippen LogP contribution in [0.4, 0.5) is 0 Å². The standard InChI is InChI=1S/C11H21NO3/c1-3-4-9(13)7-12-10(8-5-6-8)11(14)15-2/h8-10,12-13H,3-7H2,1-2H3. The number of aliphatic hydroxyl groups excluding tert-OH is 1. The summed E-state index contributed by atoms with van der Waals surface area (Å²) in [6, 6.07) is -0.221. The van der Waals surface area contributed by atoms with Crippen LogP contribution < -0.4 is 5.32 Å². The molecular formula is C11H21NO3. The zero-order valence-corrected chi connectivity index (χ0v) is 9.53. The van der Waals surface area contributed by atoms with Crippen LogP contribution in [0.15, 0.2) is 0 Å². The van der Waals surface area contributed by atoms with E-state index in [1.54, 1.807) is 0 Å². The number of aliphatic hydroxyl groups is 1. The number of carbonyl (C=O) groups is 1. The normalized spacial score (nSPS) is 19.7. The van der Waals surface area contributed by atoms with E-state index in [0.717, 1.165) is 25.7 Å². The first kappa shape index (κ1) is 12.5. The molecule has 4 heteroatoms. The van der Waals surface area contributed by atoms with E-state index in [4.69, 9.17) is 4.74 Å². The summed E-state index contributed by atoms with van der Waals surface area (Å²) < 4.78 is 4.72. The van der Waals surface area contributed by atoms with Crippen molar-refractivity contribution in [1.82, 2.24) is 5.32 Å². The van der Waals surface area contributed by atoms with Gasteiger partial charge < -0.3 is 15.2 Å². The van der Waals surface area contributed by atoms with Gasteiger partial charge in [-0.25, -0.2) is 0 Å². The summed E-state index contributed by atoms with van der Waals surface area (Å²) >= 11 is 0. The molecule has 0 amide bonds. The third kappa shape index (κ3) is 4.18. The minimum atomic E-state index is -0.360. The summed E-state index contributed by atoms with van der Waals surface area (Å²) in [7, 11) is 1.40. The van der Waals surface area contributed by atoms with Crippen LogP contribution in [0.5, 0.6) is 0 Å². The average molecular weight is 215 g/mol. The molecule has 1 fully saturated rings. The molecular weight excluding hydrogens is 194 g/mol. The van der Waals surface area contributed by atoms with Gasteiger partial charge >= 0.3 is 5.97 Å². The molecule has 2 N–H and O–H groups in total. The fourth-order valence-electron chi connectivity index (χ4n) is 1.70. The molecule has 0 aromatic carbocycles. The van der Waals surface area contributed by atoms with Crippen molar-refractivity contribution >= 4 is 5.97 Å². The summed E-state index contributed by atoms with van der Waals surface area (Å²) in [4.78, 5) is 11.4. The van der Waals surface area contributed by atoms with Crippen molar-refractivity contribution in [3.8, 4) is 0 Å². The molecule has 1 aliphatic carbocycles. The van der Waals surface area contributed by atoms with Crippen LogP contribution in [-0.4, -0.2) is 36.9 Å². The lowest BCUT2D eigenvalue weighted by atomic mass is 10.1. The lowest BCUT2D eigenvalue weighted by Gasteiger charge is -2.18. The Morgan fingerprint density at radius 2 is 2.27 bits per heavy atom. The number of nitrogens with one attached hydrogen (secondary N) is 1. The SMILES string of the molecule is CCCC(O)CNC(C(=O)OC)C1CC1. The fraction of sp³-hybridized carbons (Fsp3) is 0.909. The van der Waals surface area contributed by atoms with Crippen LogP contribution in [-0.2, 0) is 9.53 Å². The van der Waals surface area contributed by atoms with Gasteiger partial charge in [0.25, 0.3) is 0 Å². The second-order valence-corrected chi connectivity index (χ2v) is 4.19. The molecule has 1 saturated carbocycles. The highest BCUT2D eigenvalue weighted by molar-refractivity contribution is 5.76. The first-order valence-electron chi connectivity index (χ1n) is 5.68. The zero-order chi connectivity index (χ0) is 11.3. The van der Waals surface area contributed by atoms with Crippen molar-refractivity contribution in [2.24, 2.45) is 5.92 Å². The minimum absolute atomic E-state index is 0.207. The zero-order valence-electron chi connectivity index (χ0n) is 9.53. The van der Waals surface area contributed by atoms with Gasteiger partial charge in [-0.1, -0.05) is 13.3 Å². The van der Waals surface area contributed by atoms with Gasteiger partial charge in [-0.2, -0.15) is 0 Å². The van der Waals surface area contributed by atoms with Crippen LogP contribution in [0.2, 0.25) is 0 Å². The van der Waals surface area contributed by atoms with E-state index >= 15 is 0 Å². The second-order valence-electron chi connectivity index (χ2n) is 4.19. The van der Waals surface area contributed by atoms with Gasteiger partial charge in [0.15, 0.2) is 0 Å². The number of rotatable bonds is 7. The maximum Gasteiger partial charge on any atom is 0.323 e. The Bertz CT molecular complexity index is 204. The van der Waals surface area contributed by atoms with Crippen molar-refractivity contribution in [3.05, 3.63) is 0 Å². The van der Waals surface area contributed by atoms with E-state index < -0.39 is 0 Å². The van der Waals surface area contributed by atoms with Crippen LogP contribution >= 0.6 is 0 Å². The number of esters is 1. The van der Waals surface area contributed by atoms with Gasteiger partial charge in [0.2, 0.25) is 0 Å². The molecule has 2 atom stereocenters. The van der Waals surface area contributed by atoms with Crippen LogP contribution in [0.25, 0.3) is 0 Å². The molecule has 0 heterocycles. The Morgan fingerprint density at radius 3 is 2.73 bits per heavy atom. The molecule has 4 nitrogen and oxygen atoms in total. The summed E-state index contributed by atoms with van der Waals surface area (Å²) in [6.07, 6.45) is 3.52. The van der Waals surface area contributed by atoms with Crippen molar-refractivity contribution < 1.29 is 14.6 Å². The number of methoxy groups -OCH3 is 1. The maximum atomic E-state index is 11.4. The van der Waals surface area contributed by atoms with E-state index in [0.29, 0.717) is 12.5 Å². The number of carbonyl (C=O) groups excluding carboxylic acids is 1. The summed E-state index contributed by atoms with van der Waals surface area (Å²) in [6.45, 7) is 2.51. The molecule has 2 unspecified atom stereocenters. The van der Waals surface area contributed by atoms with Gasteiger partial charge in [0.1, 0.15) is 6.04 Å². The predicted molar refractivity (Wildman–Crippen MR) is 57.4 cm³/mol. The summed E-state index contributed by atoms with van der Waals surface area (Å²) in [5.41, 5.74) is 0. The molecule has 88 valence electrons. The van der Waals surface area contributed by atoms with Crippen molar-refractivity contribution in [1.29, 1.82) is 0 Å². The Kier molecular flexibility index (Phi) is 5.05. The summed E-state index contributed by atoms with van der Waals surface area (Å²) in [5, 5.41) is 12.6. The van der Waals surface area contributed by atoms with E-state index in [-0.39, 0.29) is 18.1 Å². The number of hydrogen-bond donors (Lipinski definition) is 2. The first-order valence-corrected chi connectivity index (χ1v) is 5.68. The Balaban J connectivity index is 2.28. The van der Waals surface area contributed by atoms with E-state index in [9.17, 15) is 9.90 Å². The van der Waals surface area contributed by atoms with Gasteiger partial charge in [-0.3, -0.25) is 4.79 Å². The van der Waals surface area contributed by atoms with Crippen LogP contribution in [0.1, 0.15) is 32.6 Å². The molecule has 0 aromatic heterocycles. The molecule has 1 rings (SSSR count). The lowest BCUT2D eigenvalue weighted by Crippen LogP contribution is -2.43. The van der Waals surface area contributed by atoms with E-state index in [2.05, 4.69) is 5.32 Å². The molecule has 0 aromatic rings. The fourth-order valence-corrected chi connectivity index (χ4v) is 1.70. The molecule has 1 aliphatic rings. The molecule has 15 heavy (non-hydrogen) atoms. The van der Waals surface area contributed by atoms with Gasteiger partial charge in [0.05, 0.1) is 13.2 Å². The van der Waals surface area contributed by atoms with Crippen molar-refractivity contribution in [2.45, 2.75) is 44.8 Å². The smallest absolute Gasteiger partial charge is 0.323 e. The van der Waals surface area contributed by atoms with Crippen molar-refractivity contribution in [3.63, 3.8) is 0 Å². The monoisotopic (exact) mass is 215 g/mol. The lowest BCUT2D eigenvalue weighted by molar-refractivity contribution is -0.143. The molecule has 0 radical (unpaired) electrons. The van der Waals surface area contributed by atoms with Crippen LogP contribution in [0.3, 0.4) is 0 Å². The third-order valence-electron chi connectivity index (χ3n) is 2.74. The Hall–Kier alpha value is -0.610.